The van der Waals surface area contributed by atoms with Gasteiger partial charge >= 0.3 is 0 Å². The van der Waals surface area contributed by atoms with Crippen LogP contribution in [0.25, 0.3) is 0 Å². The van der Waals surface area contributed by atoms with Gasteiger partial charge in [0.2, 0.25) is 23.5 Å². The zero-order chi connectivity index (χ0) is 33.7. The summed E-state index contributed by atoms with van der Waals surface area (Å²) < 4.78 is 0. The number of amides is 5. The summed E-state index contributed by atoms with van der Waals surface area (Å²) in [6.07, 6.45) is 13.5. The maximum atomic E-state index is 14.3. The Morgan fingerprint density at radius 2 is 1.66 bits per heavy atom. The first-order chi connectivity index (χ1) is 22.6. The average Bonchev–Trinajstić information content (AvgIpc) is 3.64. The standard InChI is InChI=1S/C34H49N7O6/c1-4-8-24(29(42)33(46)37-22-12-13-22)38-32(45)28-21-11-14-23(17-21)41(28)34(47)26(19(2)3)39-31(44)27(20-9-6-5-7-10-20)40-30(43)25-18-35-15-16-36-25/h15-16,18-24,26-28H,4-14,17H2,1-3H3,(H,37,46)(H,38,45)(H,39,44)(H,40,43)/t21-,23+,24-,26-,27-,28-/m0/s1. The number of likely N-dealkylation sites (tertiary alicyclic amines) is 1. The third-order valence-corrected chi connectivity index (χ3v) is 10.2. The number of aromatic nitrogens is 2. The number of piperidine rings is 1. The van der Waals surface area contributed by atoms with Gasteiger partial charge in [0, 0.05) is 24.5 Å². The fourth-order valence-corrected chi connectivity index (χ4v) is 7.51. The summed E-state index contributed by atoms with van der Waals surface area (Å²) in [6, 6.07) is -3.72. The van der Waals surface area contributed by atoms with Gasteiger partial charge in [0.05, 0.1) is 12.2 Å². The van der Waals surface area contributed by atoms with Crippen LogP contribution in [-0.2, 0) is 24.0 Å². The van der Waals surface area contributed by atoms with Crippen LogP contribution >= 0.6 is 0 Å². The first-order valence-electron chi connectivity index (χ1n) is 17.4. The molecule has 4 aliphatic rings. The summed E-state index contributed by atoms with van der Waals surface area (Å²) >= 11 is 0. The number of ketones is 1. The summed E-state index contributed by atoms with van der Waals surface area (Å²) in [5.41, 5.74) is 0.101. The molecule has 0 unspecified atom stereocenters. The minimum Gasteiger partial charge on any atom is -0.347 e. The molecule has 5 rings (SSSR count). The molecular weight excluding hydrogens is 602 g/mol. The molecule has 256 valence electrons. The monoisotopic (exact) mass is 651 g/mol. The topological polar surface area (TPSA) is 180 Å². The quantitative estimate of drug-likeness (QED) is 0.220. The number of carbonyl (C=O) groups excluding carboxylic acids is 6. The maximum absolute atomic E-state index is 14.3. The summed E-state index contributed by atoms with van der Waals surface area (Å²) in [7, 11) is 0. The van der Waals surface area contributed by atoms with Crippen molar-refractivity contribution < 1.29 is 28.8 Å². The maximum Gasteiger partial charge on any atom is 0.289 e. The predicted octanol–water partition coefficient (Wildman–Crippen LogP) is 1.81. The van der Waals surface area contributed by atoms with Gasteiger partial charge in [-0.05, 0) is 69.1 Å². The molecule has 47 heavy (non-hydrogen) atoms. The number of carbonyl (C=O) groups is 6. The lowest BCUT2D eigenvalue weighted by Gasteiger charge is -2.39. The van der Waals surface area contributed by atoms with Crippen molar-refractivity contribution in [1.82, 2.24) is 36.1 Å². The molecule has 1 aromatic heterocycles. The van der Waals surface area contributed by atoms with Crippen LogP contribution in [0.15, 0.2) is 18.6 Å². The summed E-state index contributed by atoms with van der Waals surface area (Å²) in [6.45, 7) is 5.56. The van der Waals surface area contributed by atoms with Crippen LogP contribution in [0.4, 0.5) is 0 Å². The van der Waals surface area contributed by atoms with Crippen molar-refractivity contribution in [3.63, 3.8) is 0 Å². The molecule has 0 radical (unpaired) electrons. The second-order valence-corrected chi connectivity index (χ2v) is 14.0. The molecule has 13 heteroatoms. The number of Topliss-reactive ketones (excluding diaryl/α,β-unsaturated/α-hetero) is 1. The lowest BCUT2D eigenvalue weighted by atomic mass is 9.83. The van der Waals surface area contributed by atoms with Gasteiger partial charge in [0.25, 0.3) is 11.8 Å². The highest BCUT2D eigenvalue weighted by atomic mass is 16.2. The molecule has 5 amide bonds. The smallest absolute Gasteiger partial charge is 0.289 e. The van der Waals surface area contributed by atoms with Gasteiger partial charge in [-0.15, -0.1) is 0 Å². The van der Waals surface area contributed by atoms with Crippen LogP contribution in [0.3, 0.4) is 0 Å². The molecule has 0 aromatic carbocycles. The second-order valence-electron chi connectivity index (χ2n) is 14.0. The fraction of sp³-hybridized carbons (Fsp3) is 0.706. The third-order valence-electron chi connectivity index (χ3n) is 10.2. The molecule has 1 saturated heterocycles. The van der Waals surface area contributed by atoms with E-state index in [9.17, 15) is 28.8 Å². The minimum atomic E-state index is -0.975. The van der Waals surface area contributed by atoms with Gasteiger partial charge in [0.1, 0.15) is 23.8 Å². The Labute approximate surface area is 276 Å². The van der Waals surface area contributed by atoms with Crippen molar-refractivity contribution in [2.45, 2.75) is 134 Å². The molecule has 4 N–H and O–H groups in total. The Balaban J connectivity index is 1.31. The fourth-order valence-electron chi connectivity index (χ4n) is 7.51. The SMILES string of the molecule is CCC[C@H](NC(=O)[C@@H]1[C@H]2CC[C@H](C2)N1C(=O)[C@@H](NC(=O)[C@@H](NC(=O)c1cnccn1)C1CCCCC1)C(C)C)C(=O)C(=O)NC1CC1. The Morgan fingerprint density at radius 3 is 2.30 bits per heavy atom. The molecule has 1 aliphatic heterocycles. The van der Waals surface area contributed by atoms with Crippen LogP contribution in [0.1, 0.15) is 108 Å². The normalized spacial score (nSPS) is 24.3. The van der Waals surface area contributed by atoms with Crippen LogP contribution < -0.4 is 21.3 Å². The molecular formula is C34H49N7O6. The van der Waals surface area contributed by atoms with E-state index >= 15 is 0 Å². The lowest BCUT2D eigenvalue weighted by molar-refractivity contribution is -0.147. The van der Waals surface area contributed by atoms with E-state index in [0.717, 1.165) is 57.8 Å². The molecule has 13 nitrogen and oxygen atoms in total. The van der Waals surface area contributed by atoms with Crippen LogP contribution in [0.5, 0.6) is 0 Å². The Hall–Kier alpha value is -3.90. The molecule has 2 bridgehead atoms. The van der Waals surface area contributed by atoms with Crippen molar-refractivity contribution in [1.29, 1.82) is 0 Å². The summed E-state index contributed by atoms with van der Waals surface area (Å²) in [5, 5.41) is 11.4. The Bertz CT molecular complexity index is 1330. The van der Waals surface area contributed by atoms with E-state index in [0.29, 0.717) is 19.3 Å². The van der Waals surface area contributed by atoms with E-state index in [4.69, 9.17) is 0 Å². The molecule has 4 fully saturated rings. The van der Waals surface area contributed by atoms with E-state index in [1.807, 2.05) is 20.8 Å². The number of nitrogens with one attached hydrogen (secondary N) is 4. The highest BCUT2D eigenvalue weighted by Gasteiger charge is 2.53. The van der Waals surface area contributed by atoms with Gasteiger partial charge < -0.3 is 26.2 Å². The molecule has 6 atom stereocenters. The number of hydrogen-bond donors (Lipinski definition) is 4. The average molecular weight is 652 g/mol. The number of nitrogens with zero attached hydrogens (tertiary/aromatic N) is 3. The van der Waals surface area contributed by atoms with Crippen LogP contribution in [-0.4, -0.2) is 86.4 Å². The van der Waals surface area contributed by atoms with E-state index in [2.05, 4.69) is 31.2 Å². The third kappa shape index (κ3) is 8.16. The molecule has 0 spiro atoms. The van der Waals surface area contributed by atoms with E-state index in [-0.39, 0.29) is 41.4 Å². The van der Waals surface area contributed by atoms with Gasteiger partial charge in [-0.3, -0.25) is 33.8 Å². The van der Waals surface area contributed by atoms with Crippen LogP contribution in [0, 0.1) is 17.8 Å². The van der Waals surface area contributed by atoms with Gasteiger partial charge in [-0.1, -0.05) is 46.5 Å². The molecule has 1 aromatic rings. The largest absolute Gasteiger partial charge is 0.347 e. The van der Waals surface area contributed by atoms with Gasteiger partial charge in [0.15, 0.2) is 0 Å². The summed E-state index contributed by atoms with van der Waals surface area (Å²) in [4.78, 5) is 90.5. The van der Waals surface area contributed by atoms with E-state index < -0.39 is 53.6 Å². The first-order valence-corrected chi connectivity index (χ1v) is 17.4. The van der Waals surface area contributed by atoms with Crippen molar-refractivity contribution in [2.75, 3.05) is 0 Å². The van der Waals surface area contributed by atoms with Gasteiger partial charge in [-0.2, -0.15) is 0 Å². The number of rotatable bonds is 14. The molecule has 3 aliphatic carbocycles. The molecule has 2 heterocycles. The Kier molecular flexibility index (Phi) is 11.2. The van der Waals surface area contributed by atoms with Crippen LogP contribution in [0.2, 0.25) is 0 Å². The number of hydrogen-bond acceptors (Lipinski definition) is 8. The number of fused-ring (bicyclic) bond motifs is 2. The minimum absolute atomic E-state index is 0.0179. The van der Waals surface area contributed by atoms with E-state index in [1.54, 1.807) is 4.90 Å². The zero-order valence-corrected chi connectivity index (χ0v) is 27.7. The lowest BCUT2D eigenvalue weighted by Crippen LogP contribution is -2.62. The second kappa shape index (κ2) is 15.3. The van der Waals surface area contributed by atoms with Crippen molar-refractivity contribution in [2.24, 2.45) is 17.8 Å². The van der Waals surface area contributed by atoms with E-state index in [1.165, 1.54) is 18.6 Å². The predicted molar refractivity (Wildman–Crippen MR) is 171 cm³/mol. The molecule has 3 saturated carbocycles. The zero-order valence-electron chi connectivity index (χ0n) is 27.7. The van der Waals surface area contributed by atoms with Crippen molar-refractivity contribution >= 4 is 35.3 Å². The first kappa shape index (κ1) is 34.4. The highest BCUT2D eigenvalue weighted by Crippen LogP contribution is 2.43. The Morgan fingerprint density at radius 1 is 0.915 bits per heavy atom. The van der Waals surface area contributed by atoms with Crippen molar-refractivity contribution in [3.8, 4) is 0 Å². The van der Waals surface area contributed by atoms with Gasteiger partial charge in [-0.25, -0.2) is 4.98 Å². The highest BCUT2D eigenvalue weighted by molar-refractivity contribution is 6.38. The summed E-state index contributed by atoms with van der Waals surface area (Å²) in [5.74, 6) is -3.59. The van der Waals surface area contributed by atoms with Crippen molar-refractivity contribution in [3.05, 3.63) is 24.3 Å².